The second-order valence-corrected chi connectivity index (χ2v) is 4.68. The summed E-state index contributed by atoms with van der Waals surface area (Å²) >= 11 is 0. The first kappa shape index (κ1) is 9.00. The molecule has 1 amide bonds. The summed E-state index contributed by atoms with van der Waals surface area (Å²) in [6.45, 7) is 4.09. The van der Waals surface area contributed by atoms with Crippen LogP contribution in [0.25, 0.3) is 0 Å². The summed E-state index contributed by atoms with van der Waals surface area (Å²) in [4.78, 5) is 11.5. The predicted molar refractivity (Wildman–Crippen MR) is 51.4 cm³/mol. The summed E-state index contributed by atoms with van der Waals surface area (Å²) in [5.74, 6) is 0.200. The summed E-state index contributed by atoms with van der Waals surface area (Å²) in [5.41, 5.74) is 0.425. The zero-order chi connectivity index (χ0) is 9.31. The molecule has 0 aromatic carbocycles. The Kier molecular flexibility index (Phi) is 2.28. The van der Waals surface area contributed by atoms with Gasteiger partial charge < -0.3 is 10.6 Å². The molecule has 1 saturated heterocycles. The molecule has 2 aliphatic rings. The first-order valence-electron chi connectivity index (χ1n) is 5.21. The van der Waals surface area contributed by atoms with Crippen LogP contribution >= 0.6 is 0 Å². The average molecular weight is 182 g/mol. The van der Waals surface area contributed by atoms with Crippen LogP contribution in [0.3, 0.4) is 0 Å². The molecule has 2 fully saturated rings. The van der Waals surface area contributed by atoms with Gasteiger partial charge in [0.25, 0.3) is 0 Å². The SMILES string of the molecule is CC1(CNC(=O)[C@@H]2CCCN2)CC1. The Bertz CT molecular complexity index is 205. The minimum absolute atomic E-state index is 0.0855. The maximum absolute atomic E-state index is 11.5. The minimum Gasteiger partial charge on any atom is -0.354 e. The highest BCUT2D eigenvalue weighted by atomic mass is 16.2. The van der Waals surface area contributed by atoms with Crippen LogP contribution in [0.15, 0.2) is 0 Å². The Balaban J connectivity index is 1.71. The summed E-state index contributed by atoms with van der Waals surface area (Å²) in [6.07, 6.45) is 4.68. The van der Waals surface area contributed by atoms with E-state index in [1.165, 1.54) is 12.8 Å². The molecule has 2 N–H and O–H groups in total. The number of hydrogen-bond donors (Lipinski definition) is 2. The molecule has 0 aromatic heterocycles. The molecule has 0 radical (unpaired) electrons. The predicted octanol–water partition coefficient (Wildman–Crippen LogP) is 0.655. The van der Waals surface area contributed by atoms with Crippen molar-refractivity contribution in [2.24, 2.45) is 5.41 Å². The first-order valence-corrected chi connectivity index (χ1v) is 5.21. The van der Waals surface area contributed by atoms with Crippen molar-refractivity contribution in [2.45, 2.75) is 38.6 Å². The molecule has 0 bridgehead atoms. The van der Waals surface area contributed by atoms with Crippen LogP contribution in [0.2, 0.25) is 0 Å². The van der Waals surface area contributed by atoms with E-state index in [0.717, 1.165) is 25.9 Å². The Morgan fingerprint density at radius 1 is 1.62 bits per heavy atom. The fraction of sp³-hybridized carbons (Fsp3) is 0.900. The van der Waals surface area contributed by atoms with Gasteiger partial charge in [0.15, 0.2) is 0 Å². The standard InChI is InChI=1S/C10H18N2O/c1-10(4-5-10)7-12-9(13)8-3-2-6-11-8/h8,11H,2-7H2,1H3,(H,12,13)/t8-/m0/s1. The smallest absolute Gasteiger partial charge is 0.237 e. The van der Waals surface area contributed by atoms with Crippen molar-refractivity contribution in [3.05, 3.63) is 0 Å². The van der Waals surface area contributed by atoms with E-state index >= 15 is 0 Å². The second kappa shape index (κ2) is 3.29. The van der Waals surface area contributed by atoms with Gasteiger partial charge in [0.05, 0.1) is 6.04 Å². The van der Waals surface area contributed by atoms with Crippen molar-refractivity contribution in [3.63, 3.8) is 0 Å². The van der Waals surface area contributed by atoms with Crippen LogP contribution in [0.4, 0.5) is 0 Å². The summed E-state index contributed by atoms with van der Waals surface area (Å²) in [5, 5.41) is 6.23. The van der Waals surface area contributed by atoms with Gasteiger partial charge in [-0.2, -0.15) is 0 Å². The van der Waals surface area contributed by atoms with Gasteiger partial charge in [0.2, 0.25) is 5.91 Å². The summed E-state index contributed by atoms with van der Waals surface area (Å²) in [7, 11) is 0. The maximum atomic E-state index is 11.5. The van der Waals surface area contributed by atoms with Crippen molar-refractivity contribution < 1.29 is 4.79 Å². The number of carbonyl (C=O) groups is 1. The molecule has 74 valence electrons. The topological polar surface area (TPSA) is 41.1 Å². The molecular formula is C10H18N2O. The van der Waals surface area contributed by atoms with E-state index in [1.54, 1.807) is 0 Å². The van der Waals surface area contributed by atoms with Gasteiger partial charge in [0, 0.05) is 6.54 Å². The van der Waals surface area contributed by atoms with Crippen LogP contribution in [-0.4, -0.2) is 25.0 Å². The maximum Gasteiger partial charge on any atom is 0.237 e. The van der Waals surface area contributed by atoms with Gasteiger partial charge in [-0.25, -0.2) is 0 Å². The summed E-state index contributed by atoms with van der Waals surface area (Å²) < 4.78 is 0. The number of carbonyl (C=O) groups excluding carboxylic acids is 1. The van der Waals surface area contributed by atoms with Crippen LogP contribution < -0.4 is 10.6 Å². The van der Waals surface area contributed by atoms with E-state index in [2.05, 4.69) is 17.6 Å². The van der Waals surface area contributed by atoms with Gasteiger partial charge in [0.1, 0.15) is 0 Å². The quantitative estimate of drug-likeness (QED) is 0.673. The van der Waals surface area contributed by atoms with Crippen LogP contribution in [0, 0.1) is 5.41 Å². The lowest BCUT2D eigenvalue weighted by Gasteiger charge is -2.13. The highest BCUT2D eigenvalue weighted by Crippen LogP contribution is 2.44. The fourth-order valence-electron chi connectivity index (χ4n) is 1.72. The molecule has 1 heterocycles. The van der Waals surface area contributed by atoms with Crippen LogP contribution in [-0.2, 0) is 4.79 Å². The molecule has 1 aliphatic carbocycles. The number of amides is 1. The zero-order valence-electron chi connectivity index (χ0n) is 8.23. The lowest BCUT2D eigenvalue weighted by molar-refractivity contribution is -0.123. The van der Waals surface area contributed by atoms with Crippen molar-refractivity contribution in [3.8, 4) is 0 Å². The van der Waals surface area contributed by atoms with Crippen molar-refractivity contribution >= 4 is 5.91 Å². The third kappa shape index (κ3) is 2.21. The highest BCUT2D eigenvalue weighted by Gasteiger charge is 2.37. The molecular weight excluding hydrogens is 164 g/mol. The zero-order valence-corrected chi connectivity index (χ0v) is 8.23. The third-order valence-corrected chi connectivity index (χ3v) is 3.17. The first-order chi connectivity index (χ1) is 6.20. The van der Waals surface area contributed by atoms with E-state index in [1.807, 2.05) is 0 Å². The normalized spacial score (nSPS) is 30.1. The van der Waals surface area contributed by atoms with E-state index in [9.17, 15) is 4.79 Å². The Morgan fingerprint density at radius 2 is 2.38 bits per heavy atom. The molecule has 0 spiro atoms. The highest BCUT2D eigenvalue weighted by molar-refractivity contribution is 5.82. The fourth-order valence-corrected chi connectivity index (χ4v) is 1.72. The van der Waals surface area contributed by atoms with Gasteiger partial charge in [-0.1, -0.05) is 6.92 Å². The molecule has 3 heteroatoms. The van der Waals surface area contributed by atoms with Crippen molar-refractivity contribution in [2.75, 3.05) is 13.1 Å². The van der Waals surface area contributed by atoms with Crippen LogP contribution in [0.1, 0.15) is 32.6 Å². The molecule has 0 unspecified atom stereocenters. The van der Waals surface area contributed by atoms with Gasteiger partial charge in [-0.15, -0.1) is 0 Å². The minimum atomic E-state index is 0.0855. The van der Waals surface area contributed by atoms with E-state index < -0.39 is 0 Å². The second-order valence-electron chi connectivity index (χ2n) is 4.68. The number of nitrogens with one attached hydrogen (secondary N) is 2. The van der Waals surface area contributed by atoms with Gasteiger partial charge in [-0.05, 0) is 37.6 Å². The summed E-state index contributed by atoms with van der Waals surface area (Å²) in [6, 6.07) is 0.0855. The van der Waals surface area contributed by atoms with E-state index in [0.29, 0.717) is 5.41 Å². The molecule has 0 aromatic rings. The molecule has 13 heavy (non-hydrogen) atoms. The van der Waals surface area contributed by atoms with E-state index in [4.69, 9.17) is 0 Å². The third-order valence-electron chi connectivity index (χ3n) is 3.17. The Labute approximate surface area is 79.3 Å². The molecule has 1 atom stereocenters. The molecule has 1 aliphatic heterocycles. The lowest BCUT2D eigenvalue weighted by Crippen LogP contribution is -2.42. The molecule has 3 nitrogen and oxygen atoms in total. The van der Waals surface area contributed by atoms with Crippen LogP contribution in [0.5, 0.6) is 0 Å². The molecule has 1 saturated carbocycles. The van der Waals surface area contributed by atoms with Crippen molar-refractivity contribution in [1.82, 2.24) is 10.6 Å². The molecule has 2 rings (SSSR count). The lowest BCUT2D eigenvalue weighted by atomic mass is 10.1. The monoisotopic (exact) mass is 182 g/mol. The van der Waals surface area contributed by atoms with E-state index in [-0.39, 0.29) is 11.9 Å². The number of hydrogen-bond acceptors (Lipinski definition) is 2. The Hall–Kier alpha value is -0.570. The van der Waals surface area contributed by atoms with Crippen molar-refractivity contribution in [1.29, 1.82) is 0 Å². The number of rotatable bonds is 3. The largest absolute Gasteiger partial charge is 0.354 e. The van der Waals surface area contributed by atoms with Gasteiger partial charge >= 0.3 is 0 Å². The Morgan fingerprint density at radius 3 is 2.92 bits per heavy atom. The van der Waals surface area contributed by atoms with Gasteiger partial charge in [-0.3, -0.25) is 4.79 Å². The average Bonchev–Trinajstić information content (AvgIpc) is 2.69.